The number of hydrogen-bond acceptors (Lipinski definition) is 13. The third-order valence-corrected chi connectivity index (χ3v) is 21.6. The highest BCUT2D eigenvalue weighted by atomic mass is 16.6. The maximum atomic E-state index is 14.7. The van der Waals surface area contributed by atoms with Gasteiger partial charge >= 0.3 is 6.09 Å². The number of nitrogens with zero attached hydrogens (tertiary/aromatic N) is 3. The average Bonchev–Trinajstić information content (AvgIpc) is 1.70. The molecule has 1 aromatic rings. The highest BCUT2D eigenvalue weighted by Crippen LogP contribution is 2.67. The number of carbonyl (C=O) groups is 9. The molecular weight excluding hydrogens is 1240 g/mol. The van der Waals surface area contributed by atoms with Gasteiger partial charge < -0.3 is 80.6 Å². The van der Waals surface area contributed by atoms with Crippen molar-refractivity contribution >= 4 is 65.3 Å². The molecule has 5 aliphatic rings. The second-order valence-corrected chi connectivity index (χ2v) is 29.6. The number of likely N-dealkylation sites (tertiary alicyclic amines) is 1. The Morgan fingerprint density at radius 2 is 1.26 bits per heavy atom. The van der Waals surface area contributed by atoms with E-state index in [0.29, 0.717) is 54.9 Å². The number of nitrogens with one attached hydrogen (secondary N) is 7. The standard InChI is InChI=1S/C71H117N15O11/c1-10-15-54(62(91)85-57(38-45-22-25-47(87)26-23-45)64(93)80-44(7)61(90)82-53(60(72)89)30-21-42(4)5)83-63(92)55(18-12-35-77-67(73)74)84-65(94)58-20-14-37-86(58)66(95)56(19-13-36-78-68(75)76)81-59(88)40-79-69(96)97-48-31-33-70(8)46(39-48)24-27-49-51-29-28-50(43(6)17-11-16-41(2)3)71(51,9)34-32-52(49)70/h22-26,41-44,48-58,87H,10-21,27-40H2,1-9H3,(H2,72,89)(H,79,96)(H,80,93)(H,81,88)(H,82,90)(H,83,92)(H,84,94)(H,85,91)(H4,73,74,77)(H4,75,76,78)/t43-,44+,48?,49+,50-,51+,52+,53+,54+,55+,56+,57+,58+,70+,71-/m1/s1. The Morgan fingerprint density at radius 3 is 1.89 bits per heavy atom. The van der Waals surface area contributed by atoms with Gasteiger partial charge in [-0.25, -0.2) is 4.79 Å². The zero-order chi connectivity index (χ0) is 71.3. The van der Waals surface area contributed by atoms with Crippen LogP contribution in [0, 0.1) is 52.3 Å². The fraction of sp³-hybridized carbons (Fsp3) is 0.732. The first kappa shape index (κ1) is 78.3. The van der Waals surface area contributed by atoms with Crippen molar-refractivity contribution in [3.8, 4) is 5.75 Å². The van der Waals surface area contributed by atoms with Crippen LogP contribution in [0.2, 0.25) is 0 Å². The molecular formula is C71H117N15O11. The van der Waals surface area contributed by atoms with Crippen molar-refractivity contribution in [2.75, 3.05) is 26.2 Å². The van der Waals surface area contributed by atoms with Crippen LogP contribution in [-0.2, 0) is 49.5 Å². The number of aromatic hydroxyl groups is 1. The van der Waals surface area contributed by atoms with Crippen molar-refractivity contribution in [1.82, 2.24) is 42.1 Å². The van der Waals surface area contributed by atoms with E-state index in [-0.39, 0.29) is 106 Å². The van der Waals surface area contributed by atoms with Crippen LogP contribution in [0.15, 0.2) is 45.9 Å². The van der Waals surface area contributed by atoms with Crippen LogP contribution in [0.5, 0.6) is 5.75 Å². The predicted molar refractivity (Wildman–Crippen MR) is 373 cm³/mol. The van der Waals surface area contributed by atoms with Crippen LogP contribution in [0.1, 0.15) is 203 Å². The molecule has 4 fully saturated rings. The summed E-state index contributed by atoms with van der Waals surface area (Å²) in [5.74, 6) is -1.57. The second-order valence-electron chi connectivity index (χ2n) is 29.6. The van der Waals surface area contributed by atoms with Crippen molar-refractivity contribution in [1.29, 1.82) is 0 Å². The third-order valence-electron chi connectivity index (χ3n) is 21.6. The van der Waals surface area contributed by atoms with E-state index in [1.165, 1.54) is 74.5 Å². The number of rotatable bonds is 36. The molecule has 1 heterocycles. The molecule has 9 amide bonds. The SMILES string of the molecule is CCC[C@H](NC(=O)[C@H](CCCN=C(N)N)NC(=O)[C@@H]1CCCN1C(=O)[C@H](CCCN=C(N)N)NC(=O)CNC(=O)OC1CC[C@@]2(C)C(=CC[C@H]3[C@@H]4CC[C@H]([C@H](C)CCCC(C)C)[C@@]4(C)CC[C@@H]32)C1)C(=O)N[C@@H](Cc1ccc(O)cc1)C(=O)N[C@@H](C)C(=O)N[C@@H](CCC(C)C)C(N)=O. The molecule has 1 unspecified atom stereocenters. The Labute approximate surface area is 574 Å². The number of guanidine groups is 2. The number of hydrogen-bond donors (Lipinski definition) is 13. The molecule has 0 radical (unpaired) electrons. The molecule has 1 aromatic carbocycles. The maximum Gasteiger partial charge on any atom is 0.407 e. The Morgan fingerprint density at radius 1 is 0.639 bits per heavy atom. The lowest BCUT2D eigenvalue weighted by Gasteiger charge is -2.58. The number of aliphatic imine (C=N–C) groups is 2. The molecule has 15 atom stereocenters. The van der Waals surface area contributed by atoms with E-state index in [0.717, 1.165) is 36.5 Å². The van der Waals surface area contributed by atoms with Gasteiger partial charge in [-0.1, -0.05) is 105 Å². The molecule has 0 spiro atoms. The Kier molecular flexibility index (Phi) is 29.7. The Bertz CT molecular complexity index is 2950. The molecule has 0 aromatic heterocycles. The van der Waals surface area contributed by atoms with Crippen molar-refractivity contribution in [2.45, 2.75) is 252 Å². The smallest absolute Gasteiger partial charge is 0.407 e. The summed E-state index contributed by atoms with van der Waals surface area (Å²) in [6.45, 7) is 19.2. The summed E-state index contributed by atoms with van der Waals surface area (Å²) >= 11 is 0. The second kappa shape index (κ2) is 36.8. The minimum absolute atomic E-state index is 0.0219. The van der Waals surface area contributed by atoms with E-state index in [4.69, 9.17) is 33.4 Å². The molecule has 3 saturated carbocycles. The topological polar surface area (TPSA) is 425 Å². The molecule has 26 heteroatoms. The number of fused-ring (bicyclic) bond motifs is 5. The molecule has 1 aliphatic heterocycles. The highest BCUT2D eigenvalue weighted by Gasteiger charge is 2.59. The third kappa shape index (κ3) is 22.4. The van der Waals surface area contributed by atoms with Gasteiger partial charge in [-0.05, 0) is 180 Å². The minimum Gasteiger partial charge on any atom is -0.508 e. The number of alkyl carbamates (subject to hydrolysis) is 1. The monoisotopic (exact) mass is 1360 g/mol. The number of primary amides is 1. The van der Waals surface area contributed by atoms with E-state index in [1.54, 1.807) is 19.1 Å². The number of allylic oxidation sites excluding steroid dienone is 1. The van der Waals surface area contributed by atoms with Gasteiger partial charge in [-0.2, -0.15) is 0 Å². The zero-order valence-corrected chi connectivity index (χ0v) is 59.2. The van der Waals surface area contributed by atoms with Crippen LogP contribution in [0.4, 0.5) is 4.79 Å². The van der Waals surface area contributed by atoms with Crippen LogP contribution >= 0.6 is 0 Å². The van der Waals surface area contributed by atoms with Crippen molar-refractivity contribution in [3.63, 3.8) is 0 Å². The van der Waals surface area contributed by atoms with Gasteiger partial charge in [0.05, 0.1) is 0 Å². The highest BCUT2D eigenvalue weighted by molar-refractivity contribution is 5.98. The molecule has 542 valence electrons. The van der Waals surface area contributed by atoms with Gasteiger partial charge in [-0.15, -0.1) is 0 Å². The summed E-state index contributed by atoms with van der Waals surface area (Å²) in [6.07, 6.45) is 16.1. The van der Waals surface area contributed by atoms with Crippen LogP contribution < -0.4 is 65.9 Å². The van der Waals surface area contributed by atoms with Gasteiger partial charge in [0.2, 0.25) is 47.3 Å². The normalized spacial score (nSPS) is 24.7. The lowest BCUT2D eigenvalue weighted by molar-refractivity contribution is -0.142. The summed E-state index contributed by atoms with van der Waals surface area (Å²) in [5.41, 5.74) is 30.4. The van der Waals surface area contributed by atoms with E-state index in [2.05, 4.69) is 87.9 Å². The summed E-state index contributed by atoms with van der Waals surface area (Å²) in [6, 6.07) is -2.41. The van der Waals surface area contributed by atoms with E-state index >= 15 is 0 Å². The number of carbonyl (C=O) groups excluding carboxylic acids is 9. The van der Waals surface area contributed by atoms with E-state index in [1.807, 2.05) is 13.8 Å². The summed E-state index contributed by atoms with van der Waals surface area (Å²) in [7, 11) is 0. The number of amides is 9. The van der Waals surface area contributed by atoms with Gasteiger partial charge in [-0.3, -0.25) is 48.3 Å². The Balaban J connectivity index is 1.08. The lowest BCUT2D eigenvalue weighted by atomic mass is 9.47. The number of nitrogens with two attached hydrogens (primary N) is 5. The maximum absolute atomic E-state index is 14.7. The van der Waals surface area contributed by atoms with Crippen LogP contribution in [0.25, 0.3) is 0 Å². The molecule has 4 aliphatic carbocycles. The van der Waals surface area contributed by atoms with Gasteiger partial charge in [0.15, 0.2) is 11.9 Å². The fourth-order valence-corrected chi connectivity index (χ4v) is 16.3. The lowest BCUT2D eigenvalue weighted by Crippen LogP contribution is -2.60. The van der Waals surface area contributed by atoms with Crippen molar-refractivity contribution in [3.05, 3.63) is 41.5 Å². The zero-order valence-electron chi connectivity index (χ0n) is 59.2. The Hall–Kier alpha value is -7.67. The summed E-state index contributed by atoms with van der Waals surface area (Å²) in [4.78, 5) is 134. The number of ether oxygens (including phenoxy) is 1. The minimum atomic E-state index is -1.33. The summed E-state index contributed by atoms with van der Waals surface area (Å²) < 4.78 is 6.01. The van der Waals surface area contributed by atoms with E-state index in [9.17, 15) is 48.3 Å². The van der Waals surface area contributed by atoms with Gasteiger partial charge in [0.25, 0.3) is 0 Å². The molecule has 97 heavy (non-hydrogen) atoms. The number of benzene rings is 1. The van der Waals surface area contributed by atoms with Gasteiger partial charge in [0, 0.05) is 32.5 Å². The molecule has 1 saturated heterocycles. The van der Waals surface area contributed by atoms with Crippen molar-refractivity contribution < 1.29 is 53.0 Å². The van der Waals surface area contributed by atoms with E-state index < -0.39 is 102 Å². The first-order valence-electron chi connectivity index (χ1n) is 35.9. The molecule has 18 N–H and O–H groups in total. The number of phenolic OH excluding ortho intramolecular Hbond substituents is 1. The number of phenols is 1. The molecule has 26 nitrogen and oxygen atoms in total. The fourth-order valence-electron chi connectivity index (χ4n) is 16.3. The average molecular weight is 1360 g/mol. The largest absolute Gasteiger partial charge is 0.508 e. The predicted octanol–water partition coefficient (Wildman–Crippen LogP) is 4.82. The molecule has 0 bridgehead atoms. The van der Waals surface area contributed by atoms with Crippen LogP contribution in [0.3, 0.4) is 0 Å². The first-order valence-corrected chi connectivity index (χ1v) is 35.9. The van der Waals surface area contributed by atoms with Crippen molar-refractivity contribution in [2.24, 2.45) is 90.9 Å². The van der Waals surface area contributed by atoms with Gasteiger partial charge in [0.1, 0.15) is 60.7 Å². The van der Waals surface area contributed by atoms with Crippen LogP contribution in [-0.4, -0.2) is 150 Å². The summed E-state index contributed by atoms with van der Waals surface area (Å²) in [5, 5.41) is 28.9. The quantitative estimate of drug-likeness (QED) is 0.0185. The first-order chi connectivity index (χ1) is 45.9. The molecule has 6 rings (SSSR count).